The maximum atomic E-state index is 13.0. The topological polar surface area (TPSA) is 42.0 Å². The van der Waals surface area contributed by atoms with Crippen LogP contribution in [0.2, 0.25) is 0 Å². The van der Waals surface area contributed by atoms with Crippen LogP contribution in [0.3, 0.4) is 0 Å². The van der Waals surface area contributed by atoms with Crippen LogP contribution in [0.25, 0.3) is 0 Å². The summed E-state index contributed by atoms with van der Waals surface area (Å²) in [6.07, 6.45) is 4.80. The van der Waals surface area contributed by atoms with Crippen LogP contribution in [0.5, 0.6) is 11.5 Å². The molecule has 1 atom stereocenters. The van der Waals surface area contributed by atoms with Crippen LogP contribution in [0.1, 0.15) is 36.0 Å². The van der Waals surface area contributed by atoms with Gasteiger partial charge in [-0.05, 0) is 75.2 Å². The molecular formula is C24H30N2O3. The fraction of sp³-hybridized carbons (Fsp3) is 0.458. The van der Waals surface area contributed by atoms with Crippen LogP contribution in [-0.4, -0.2) is 61.1 Å². The molecule has 0 bridgehead atoms. The molecule has 0 aromatic heterocycles. The van der Waals surface area contributed by atoms with Crippen molar-refractivity contribution in [3.05, 3.63) is 60.2 Å². The molecule has 1 amide bonds. The number of hydrogen-bond donors (Lipinski definition) is 0. The Labute approximate surface area is 173 Å². The highest BCUT2D eigenvalue weighted by molar-refractivity contribution is 5.94. The van der Waals surface area contributed by atoms with Gasteiger partial charge in [0.05, 0.1) is 0 Å². The van der Waals surface area contributed by atoms with Gasteiger partial charge >= 0.3 is 0 Å². The molecular weight excluding hydrogens is 364 g/mol. The summed E-state index contributed by atoms with van der Waals surface area (Å²) in [7, 11) is 0. The number of nitrogens with zero attached hydrogens (tertiary/aromatic N) is 2. The van der Waals surface area contributed by atoms with Gasteiger partial charge in [-0.3, -0.25) is 4.79 Å². The second kappa shape index (κ2) is 9.79. The molecule has 2 aromatic carbocycles. The van der Waals surface area contributed by atoms with Gasteiger partial charge in [-0.2, -0.15) is 0 Å². The Morgan fingerprint density at radius 3 is 2.17 bits per heavy atom. The van der Waals surface area contributed by atoms with Gasteiger partial charge in [0.1, 0.15) is 24.7 Å². The Hall–Kier alpha value is -2.53. The zero-order valence-corrected chi connectivity index (χ0v) is 17.0. The highest BCUT2D eigenvalue weighted by Gasteiger charge is 2.31. The first kappa shape index (κ1) is 19.8. The molecule has 2 aliphatic heterocycles. The van der Waals surface area contributed by atoms with Gasteiger partial charge in [-0.25, -0.2) is 0 Å². The van der Waals surface area contributed by atoms with Crippen molar-refractivity contribution in [3.63, 3.8) is 0 Å². The van der Waals surface area contributed by atoms with Gasteiger partial charge in [0.15, 0.2) is 0 Å². The van der Waals surface area contributed by atoms with Gasteiger partial charge in [-0.15, -0.1) is 0 Å². The molecule has 0 spiro atoms. The van der Waals surface area contributed by atoms with E-state index in [4.69, 9.17) is 9.47 Å². The molecule has 2 heterocycles. The number of hydrogen-bond acceptors (Lipinski definition) is 4. The fourth-order valence-electron chi connectivity index (χ4n) is 4.25. The maximum absolute atomic E-state index is 13.0. The molecule has 0 N–H and O–H groups in total. The highest BCUT2D eigenvalue weighted by Crippen LogP contribution is 2.23. The van der Waals surface area contributed by atoms with Crippen LogP contribution in [-0.2, 0) is 0 Å². The van der Waals surface area contributed by atoms with Crippen LogP contribution in [0, 0.1) is 0 Å². The van der Waals surface area contributed by atoms with Gasteiger partial charge in [-0.1, -0.05) is 18.2 Å². The molecule has 29 heavy (non-hydrogen) atoms. The van der Waals surface area contributed by atoms with Crippen molar-refractivity contribution in [1.82, 2.24) is 9.80 Å². The Bertz CT molecular complexity index is 772. The zero-order chi connectivity index (χ0) is 19.9. The first-order valence-electron chi connectivity index (χ1n) is 10.7. The maximum Gasteiger partial charge on any atom is 0.254 e. The SMILES string of the molecule is O=C(c1ccc(OCCOc2ccccc2)cc1)N1CCCC1CN1CCCC1. The third-order valence-corrected chi connectivity index (χ3v) is 5.77. The molecule has 2 aliphatic rings. The van der Waals surface area contributed by atoms with Crippen molar-refractivity contribution in [2.24, 2.45) is 0 Å². The number of carbonyl (C=O) groups excluding carboxylic acids is 1. The van der Waals surface area contributed by atoms with Crippen molar-refractivity contribution in [3.8, 4) is 11.5 Å². The number of amides is 1. The second-order valence-electron chi connectivity index (χ2n) is 7.84. The van der Waals surface area contributed by atoms with E-state index in [1.54, 1.807) is 0 Å². The number of carbonyl (C=O) groups is 1. The predicted molar refractivity (Wildman–Crippen MR) is 114 cm³/mol. The smallest absolute Gasteiger partial charge is 0.254 e. The van der Waals surface area contributed by atoms with E-state index in [1.807, 2.05) is 54.6 Å². The van der Waals surface area contributed by atoms with Crippen molar-refractivity contribution in [2.45, 2.75) is 31.7 Å². The van der Waals surface area contributed by atoms with Crippen LogP contribution < -0.4 is 9.47 Å². The minimum atomic E-state index is 0.144. The molecule has 1 unspecified atom stereocenters. The van der Waals surface area contributed by atoms with E-state index in [2.05, 4.69) is 9.80 Å². The predicted octanol–water partition coefficient (Wildman–Crippen LogP) is 3.84. The average Bonchev–Trinajstić information content (AvgIpc) is 3.44. The summed E-state index contributed by atoms with van der Waals surface area (Å²) >= 11 is 0. The molecule has 2 aromatic rings. The normalized spacial score (nSPS) is 19.4. The van der Waals surface area contributed by atoms with Crippen LogP contribution in [0.15, 0.2) is 54.6 Å². The Morgan fingerprint density at radius 1 is 0.828 bits per heavy atom. The molecule has 4 rings (SSSR count). The zero-order valence-electron chi connectivity index (χ0n) is 17.0. The third-order valence-electron chi connectivity index (χ3n) is 5.77. The van der Waals surface area contributed by atoms with Crippen LogP contribution in [0.4, 0.5) is 0 Å². The molecule has 0 radical (unpaired) electrons. The van der Waals surface area contributed by atoms with Gasteiger partial charge in [0, 0.05) is 24.7 Å². The summed E-state index contributed by atoms with van der Waals surface area (Å²) in [5.41, 5.74) is 0.742. The van der Waals surface area contributed by atoms with E-state index >= 15 is 0 Å². The standard InChI is InChI=1S/C24H30N2O3/c27-24(26-16-6-7-21(26)19-25-14-4-5-15-25)20-10-12-23(13-11-20)29-18-17-28-22-8-2-1-3-9-22/h1-3,8-13,21H,4-7,14-19H2. The summed E-state index contributed by atoms with van der Waals surface area (Å²) in [4.78, 5) is 17.6. The van der Waals surface area contributed by atoms with Gasteiger partial charge in [0.25, 0.3) is 5.91 Å². The first-order valence-corrected chi connectivity index (χ1v) is 10.7. The lowest BCUT2D eigenvalue weighted by Crippen LogP contribution is -2.42. The summed E-state index contributed by atoms with van der Waals surface area (Å²) < 4.78 is 11.4. The number of benzene rings is 2. The molecule has 0 aliphatic carbocycles. The minimum absolute atomic E-state index is 0.144. The number of rotatable bonds is 8. The monoisotopic (exact) mass is 394 g/mol. The van der Waals surface area contributed by atoms with E-state index in [0.29, 0.717) is 19.3 Å². The quantitative estimate of drug-likeness (QED) is 0.638. The molecule has 2 fully saturated rings. The molecule has 154 valence electrons. The van der Waals surface area contributed by atoms with E-state index in [-0.39, 0.29) is 5.91 Å². The lowest BCUT2D eigenvalue weighted by molar-refractivity contribution is 0.0708. The lowest BCUT2D eigenvalue weighted by Gasteiger charge is -2.28. The molecule has 5 heteroatoms. The highest BCUT2D eigenvalue weighted by atomic mass is 16.5. The van der Waals surface area contributed by atoms with E-state index in [1.165, 1.54) is 25.9 Å². The van der Waals surface area contributed by atoms with Gasteiger partial charge < -0.3 is 19.3 Å². The minimum Gasteiger partial charge on any atom is -0.490 e. The second-order valence-corrected chi connectivity index (χ2v) is 7.84. The van der Waals surface area contributed by atoms with Gasteiger partial charge in [0.2, 0.25) is 0 Å². The molecule has 2 saturated heterocycles. The van der Waals surface area contributed by atoms with E-state index < -0.39 is 0 Å². The molecule has 0 saturated carbocycles. The van der Waals surface area contributed by atoms with Crippen molar-refractivity contribution in [1.29, 1.82) is 0 Å². The number of likely N-dealkylation sites (tertiary alicyclic amines) is 2. The largest absolute Gasteiger partial charge is 0.490 e. The Kier molecular flexibility index (Phi) is 6.67. The Balaban J connectivity index is 1.26. The number of para-hydroxylation sites is 1. The first-order chi connectivity index (χ1) is 14.3. The summed E-state index contributed by atoms with van der Waals surface area (Å²) in [5, 5.41) is 0. The third kappa shape index (κ3) is 5.30. The Morgan fingerprint density at radius 2 is 1.48 bits per heavy atom. The summed E-state index contributed by atoms with van der Waals surface area (Å²) in [6.45, 7) is 5.20. The fourth-order valence-corrected chi connectivity index (χ4v) is 4.25. The van der Waals surface area contributed by atoms with Crippen molar-refractivity contribution < 1.29 is 14.3 Å². The summed E-state index contributed by atoms with van der Waals surface area (Å²) in [5.74, 6) is 1.74. The van der Waals surface area contributed by atoms with E-state index in [9.17, 15) is 4.79 Å². The molecule has 5 nitrogen and oxygen atoms in total. The lowest BCUT2D eigenvalue weighted by atomic mass is 10.1. The average molecular weight is 395 g/mol. The van der Waals surface area contributed by atoms with E-state index in [0.717, 1.165) is 43.0 Å². The van der Waals surface area contributed by atoms with Crippen molar-refractivity contribution in [2.75, 3.05) is 39.4 Å². The van der Waals surface area contributed by atoms with Crippen LogP contribution >= 0.6 is 0 Å². The van der Waals surface area contributed by atoms with Crippen molar-refractivity contribution >= 4 is 5.91 Å². The number of ether oxygens (including phenoxy) is 2. The summed E-state index contributed by atoms with van der Waals surface area (Å²) in [6, 6.07) is 17.6.